The maximum atomic E-state index is 12.4. The number of benzene rings is 1. The highest BCUT2D eigenvalue weighted by molar-refractivity contribution is 5.95. The van der Waals surface area contributed by atoms with E-state index in [1.54, 1.807) is 0 Å². The van der Waals surface area contributed by atoms with Gasteiger partial charge >= 0.3 is 12.1 Å². The number of rotatable bonds is 1. The summed E-state index contributed by atoms with van der Waals surface area (Å²) in [5.74, 6) is -3.03. The van der Waals surface area contributed by atoms with Gasteiger partial charge in [0.1, 0.15) is 11.5 Å². The first-order valence-electron chi connectivity index (χ1n) is 6.87. The molecule has 2 rings (SSSR count). The van der Waals surface area contributed by atoms with Gasteiger partial charge in [-0.2, -0.15) is 13.2 Å². The lowest BCUT2D eigenvalue weighted by molar-refractivity contribution is -0.185. The van der Waals surface area contributed by atoms with E-state index in [4.69, 9.17) is 0 Å². The molecule has 1 heterocycles. The summed E-state index contributed by atoms with van der Waals surface area (Å²) >= 11 is 0. The predicted octanol–water partition coefficient (Wildman–Crippen LogP) is 1.33. The summed E-state index contributed by atoms with van der Waals surface area (Å²) in [4.78, 5) is 25.5. The molecule has 1 saturated heterocycles. The topological polar surface area (TPSA) is 81.1 Å². The number of nitrogens with zero attached hydrogens (tertiary/aromatic N) is 2. The lowest BCUT2D eigenvalue weighted by atomic mass is 10.1. The minimum atomic E-state index is -4.93. The minimum absolute atomic E-state index is 0.0260. The molecule has 6 nitrogen and oxygen atoms in total. The number of alkyl halides is 3. The van der Waals surface area contributed by atoms with Gasteiger partial charge in [-0.25, -0.2) is 0 Å². The van der Waals surface area contributed by atoms with Crippen LogP contribution in [0.3, 0.4) is 0 Å². The average Bonchev–Trinajstić information content (AvgIpc) is 2.69. The van der Waals surface area contributed by atoms with Crippen LogP contribution < -0.4 is 0 Å². The quantitative estimate of drug-likeness (QED) is 0.813. The maximum Gasteiger partial charge on any atom is 0.471 e. The molecule has 1 aliphatic heterocycles. The Morgan fingerprint density at radius 1 is 0.913 bits per heavy atom. The van der Waals surface area contributed by atoms with Gasteiger partial charge in [0.25, 0.3) is 5.91 Å². The molecule has 0 bridgehead atoms. The molecule has 23 heavy (non-hydrogen) atoms. The molecule has 0 saturated carbocycles. The molecule has 0 atom stereocenters. The zero-order valence-corrected chi connectivity index (χ0v) is 12.0. The Morgan fingerprint density at radius 2 is 1.43 bits per heavy atom. The first-order chi connectivity index (χ1) is 10.7. The van der Waals surface area contributed by atoms with E-state index >= 15 is 0 Å². The number of phenolic OH excluding ortho intramolecular Hbond substituents is 2. The molecule has 9 heteroatoms. The fourth-order valence-electron chi connectivity index (χ4n) is 2.40. The van der Waals surface area contributed by atoms with Gasteiger partial charge in [-0.15, -0.1) is 0 Å². The number of halogens is 3. The van der Waals surface area contributed by atoms with Crippen molar-refractivity contribution in [2.24, 2.45) is 0 Å². The van der Waals surface area contributed by atoms with Crippen molar-refractivity contribution < 1.29 is 33.0 Å². The van der Waals surface area contributed by atoms with Gasteiger partial charge in [0, 0.05) is 37.8 Å². The molecule has 1 fully saturated rings. The van der Waals surface area contributed by atoms with Crippen LogP contribution in [0.15, 0.2) is 18.2 Å². The van der Waals surface area contributed by atoms with Crippen LogP contribution in [0.4, 0.5) is 13.2 Å². The van der Waals surface area contributed by atoms with Gasteiger partial charge in [-0.1, -0.05) is 0 Å². The smallest absolute Gasteiger partial charge is 0.471 e. The van der Waals surface area contributed by atoms with E-state index in [2.05, 4.69) is 0 Å². The summed E-state index contributed by atoms with van der Waals surface area (Å²) in [6.45, 7) is -0.198. The Kier molecular flexibility index (Phi) is 4.67. The molecule has 0 radical (unpaired) electrons. The Hall–Kier alpha value is -2.45. The number of phenols is 2. The summed E-state index contributed by atoms with van der Waals surface area (Å²) in [7, 11) is 0. The largest absolute Gasteiger partial charge is 0.508 e. The van der Waals surface area contributed by atoms with Crippen LogP contribution in [-0.2, 0) is 4.79 Å². The van der Waals surface area contributed by atoms with Crippen molar-refractivity contribution in [3.8, 4) is 11.5 Å². The van der Waals surface area contributed by atoms with E-state index in [-0.39, 0.29) is 49.7 Å². The van der Waals surface area contributed by atoms with Crippen LogP contribution in [-0.4, -0.2) is 64.2 Å². The second kappa shape index (κ2) is 6.35. The number of hydrogen-bond acceptors (Lipinski definition) is 4. The monoisotopic (exact) mass is 332 g/mol. The maximum absolute atomic E-state index is 12.4. The third-order valence-corrected chi connectivity index (χ3v) is 3.46. The molecule has 1 aromatic carbocycles. The van der Waals surface area contributed by atoms with E-state index in [9.17, 15) is 33.0 Å². The predicted molar refractivity (Wildman–Crippen MR) is 72.9 cm³/mol. The van der Waals surface area contributed by atoms with E-state index in [1.165, 1.54) is 4.90 Å². The lowest BCUT2D eigenvalue weighted by Crippen LogP contribution is -2.43. The van der Waals surface area contributed by atoms with E-state index < -0.39 is 18.0 Å². The molecule has 0 spiro atoms. The van der Waals surface area contributed by atoms with Crippen LogP contribution in [0.5, 0.6) is 11.5 Å². The molecular weight excluding hydrogens is 317 g/mol. The highest BCUT2D eigenvalue weighted by atomic mass is 19.4. The van der Waals surface area contributed by atoms with Crippen molar-refractivity contribution in [1.82, 2.24) is 9.80 Å². The van der Waals surface area contributed by atoms with Crippen molar-refractivity contribution in [3.05, 3.63) is 23.8 Å². The number of aromatic hydroxyl groups is 2. The number of amides is 2. The third kappa shape index (κ3) is 4.05. The number of carbonyl (C=O) groups is 2. The molecule has 0 aliphatic carbocycles. The van der Waals surface area contributed by atoms with Crippen molar-refractivity contribution in [1.29, 1.82) is 0 Å². The van der Waals surface area contributed by atoms with Crippen LogP contribution in [0.2, 0.25) is 0 Å². The third-order valence-electron chi connectivity index (χ3n) is 3.46. The van der Waals surface area contributed by atoms with Crippen LogP contribution in [0, 0.1) is 0 Å². The van der Waals surface area contributed by atoms with Crippen molar-refractivity contribution >= 4 is 11.8 Å². The van der Waals surface area contributed by atoms with E-state index in [1.807, 2.05) is 0 Å². The van der Waals surface area contributed by atoms with Crippen molar-refractivity contribution in [2.45, 2.75) is 12.6 Å². The first-order valence-corrected chi connectivity index (χ1v) is 6.87. The Bertz CT molecular complexity index is 598. The van der Waals surface area contributed by atoms with Crippen LogP contribution in [0.25, 0.3) is 0 Å². The summed E-state index contributed by atoms with van der Waals surface area (Å²) in [5, 5.41) is 18.8. The van der Waals surface area contributed by atoms with Crippen LogP contribution in [0.1, 0.15) is 16.8 Å². The Labute approximate surface area is 129 Å². The molecule has 2 N–H and O–H groups in total. The molecule has 126 valence electrons. The summed E-state index contributed by atoms with van der Waals surface area (Å²) in [5.41, 5.74) is 0.0260. The summed E-state index contributed by atoms with van der Waals surface area (Å²) < 4.78 is 37.3. The molecule has 1 aliphatic rings. The van der Waals surface area contributed by atoms with Gasteiger partial charge in [0.2, 0.25) is 0 Å². The minimum Gasteiger partial charge on any atom is -0.508 e. The average molecular weight is 332 g/mol. The Morgan fingerprint density at radius 3 is 2.00 bits per heavy atom. The second-order valence-corrected chi connectivity index (χ2v) is 5.17. The SMILES string of the molecule is O=C(c1cc(O)cc(O)c1)N1CCCN(C(=O)C(F)(F)F)CC1. The standard InChI is InChI=1S/C14H15F3N2O4/c15-14(16,17)13(23)19-3-1-2-18(4-5-19)12(22)9-6-10(20)8-11(21)7-9/h6-8,20-21H,1-5H2. The zero-order chi connectivity index (χ0) is 17.2. The number of hydrogen-bond donors (Lipinski definition) is 2. The lowest BCUT2D eigenvalue weighted by Gasteiger charge is -2.23. The van der Waals surface area contributed by atoms with Gasteiger partial charge < -0.3 is 20.0 Å². The second-order valence-electron chi connectivity index (χ2n) is 5.17. The van der Waals surface area contributed by atoms with Crippen molar-refractivity contribution in [3.63, 3.8) is 0 Å². The molecule has 0 unspecified atom stereocenters. The van der Waals surface area contributed by atoms with Gasteiger partial charge in [0.05, 0.1) is 0 Å². The molecule has 2 amide bonds. The molecular formula is C14H15F3N2O4. The number of carbonyl (C=O) groups excluding carboxylic acids is 2. The molecule has 1 aromatic rings. The highest BCUT2D eigenvalue weighted by Crippen LogP contribution is 2.23. The van der Waals surface area contributed by atoms with Crippen molar-refractivity contribution in [2.75, 3.05) is 26.2 Å². The Balaban J connectivity index is 2.08. The summed E-state index contributed by atoms with van der Waals surface area (Å²) in [6.07, 6.45) is -4.73. The van der Waals surface area contributed by atoms with Gasteiger partial charge in [-0.05, 0) is 18.6 Å². The molecule has 0 aromatic heterocycles. The normalized spacial score (nSPS) is 16.1. The van der Waals surface area contributed by atoms with E-state index in [0.29, 0.717) is 4.90 Å². The van der Waals surface area contributed by atoms with E-state index in [0.717, 1.165) is 18.2 Å². The van der Waals surface area contributed by atoms with Gasteiger partial charge in [0.15, 0.2) is 0 Å². The highest BCUT2D eigenvalue weighted by Gasteiger charge is 2.42. The first kappa shape index (κ1) is 16.9. The fourth-order valence-corrected chi connectivity index (χ4v) is 2.40. The van der Waals surface area contributed by atoms with Gasteiger partial charge in [-0.3, -0.25) is 9.59 Å². The van der Waals surface area contributed by atoms with Crippen LogP contribution >= 0.6 is 0 Å². The summed E-state index contributed by atoms with van der Waals surface area (Å²) in [6, 6.07) is 3.38. The zero-order valence-electron chi connectivity index (χ0n) is 12.0. The fraction of sp³-hybridized carbons (Fsp3) is 0.429.